The average Bonchev–Trinajstić information content (AvgIpc) is 2.96. The first-order chi connectivity index (χ1) is 13.4. The zero-order chi connectivity index (χ0) is 20.1. The summed E-state index contributed by atoms with van der Waals surface area (Å²) in [5.74, 6) is 0.746. The van der Waals surface area contributed by atoms with E-state index in [1.54, 1.807) is 6.20 Å². The van der Waals surface area contributed by atoms with Gasteiger partial charge in [0.15, 0.2) is 5.82 Å². The highest BCUT2D eigenvalue weighted by Gasteiger charge is 2.42. The van der Waals surface area contributed by atoms with E-state index in [4.69, 9.17) is 4.98 Å². The lowest BCUT2D eigenvalue weighted by Crippen LogP contribution is -2.37. The summed E-state index contributed by atoms with van der Waals surface area (Å²) >= 11 is 0. The number of nitrogens with zero attached hydrogens (tertiary/aromatic N) is 2. The Hall–Kier alpha value is -1.82. The number of aromatic nitrogens is 2. The molecule has 3 rings (SSSR count). The number of nitrogens with one attached hydrogen (secondary N) is 1. The molecule has 0 unspecified atom stereocenters. The quantitative estimate of drug-likeness (QED) is 0.685. The topological polar surface area (TPSA) is 78.3 Å². The van der Waals surface area contributed by atoms with E-state index in [0.717, 1.165) is 36.5 Å². The molecule has 1 saturated carbocycles. The van der Waals surface area contributed by atoms with Gasteiger partial charge in [0.1, 0.15) is 0 Å². The van der Waals surface area contributed by atoms with Crippen LogP contribution in [0.2, 0.25) is 0 Å². The highest BCUT2D eigenvalue weighted by atomic mass is 16.3. The molecule has 28 heavy (non-hydrogen) atoms. The van der Waals surface area contributed by atoms with Crippen molar-refractivity contribution in [2.24, 2.45) is 17.3 Å². The molecule has 0 aliphatic heterocycles. The van der Waals surface area contributed by atoms with Crippen LogP contribution >= 0.6 is 0 Å². The highest BCUT2D eigenvalue weighted by Crippen LogP contribution is 2.35. The largest absolute Gasteiger partial charge is 0.396 e. The van der Waals surface area contributed by atoms with Crippen LogP contribution in [0.3, 0.4) is 0 Å². The first-order valence-electron chi connectivity index (χ1n) is 10.3. The second-order valence-corrected chi connectivity index (χ2v) is 9.13. The molecular formula is C23H33N3O2. The van der Waals surface area contributed by atoms with Crippen molar-refractivity contribution in [3.63, 3.8) is 0 Å². The van der Waals surface area contributed by atoms with Gasteiger partial charge in [0, 0.05) is 36.0 Å². The van der Waals surface area contributed by atoms with Gasteiger partial charge in [0.25, 0.3) is 0 Å². The van der Waals surface area contributed by atoms with Gasteiger partial charge in [0.2, 0.25) is 0 Å². The maximum absolute atomic E-state index is 10.5. The van der Waals surface area contributed by atoms with Crippen LogP contribution in [0.15, 0.2) is 42.6 Å². The summed E-state index contributed by atoms with van der Waals surface area (Å²) in [6.07, 6.45) is 3.79. The number of hydrogen-bond donors (Lipinski definition) is 3. The molecule has 152 valence electrons. The maximum atomic E-state index is 10.5. The standard InChI is InChI=1S/C23H33N3O2/c1-23(2,3)10-12-24-20-14-21(28)19(15-27)18(20)13-17-9-11-25-22(26-17)16-7-5-4-6-8-16/h4-9,11,18-21,24,27-28H,10,12-15H2,1-3H3/t18-,19-,20-,21-/m1/s1. The summed E-state index contributed by atoms with van der Waals surface area (Å²) in [7, 11) is 0. The average molecular weight is 384 g/mol. The van der Waals surface area contributed by atoms with Gasteiger partial charge in [-0.2, -0.15) is 0 Å². The van der Waals surface area contributed by atoms with Crippen LogP contribution in [-0.4, -0.2) is 45.5 Å². The summed E-state index contributed by atoms with van der Waals surface area (Å²) in [5.41, 5.74) is 2.22. The monoisotopic (exact) mass is 383 g/mol. The first-order valence-corrected chi connectivity index (χ1v) is 10.3. The molecule has 4 atom stereocenters. The molecule has 5 heteroatoms. The summed E-state index contributed by atoms with van der Waals surface area (Å²) in [6.45, 7) is 7.61. The van der Waals surface area contributed by atoms with E-state index in [1.165, 1.54) is 0 Å². The van der Waals surface area contributed by atoms with E-state index in [9.17, 15) is 10.2 Å². The zero-order valence-corrected chi connectivity index (χ0v) is 17.2. The van der Waals surface area contributed by atoms with Gasteiger partial charge in [-0.1, -0.05) is 51.1 Å². The van der Waals surface area contributed by atoms with Crippen LogP contribution in [0, 0.1) is 17.3 Å². The predicted octanol–water partition coefficient (Wildman–Crippen LogP) is 3.07. The SMILES string of the molecule is CC(C)(C)CCN[C@@H]1C[C@@H](O)[C@H](CO)[C@H]1Cc1ccnc(-c2ccccc2)n1. The molecular weight excluding hydrogens is 350 g/mol. The van der Waals surface area contributed by atoms with Crippen molar-refractivity contribution in [2.45, 2.75) is 52.2 Å². The van der Waals surface area contributed by atoms with E-state index < -0.39 is 6.10 Å². The zero-order valence-electron chi connectivity index (χ0n) is 17.2. The van der Waals surface area contributed by atoms with Crippen molar-refractivity contribution < 1.29 is 10.2 Å². The molecule has 0 amide bonds. The van der Waals surface area contributed by atoms with Crippen molar-refractivity contribution in [2.75, 3.05) is 13.2 Å². The molecule has 1 aliphatic carbocycles. The normalized spacial score (nSPS) is 25.2. The molecule has 1 heterocycles. The fraction of sp³-hybridized carbons (Fsp3) is 0.565. The number of rotatable bonds is 7. The number of aliphatic hydroxyl groups excluding tert-OH is 2. The van der Waals surface area contributed by atoms with E-state index in [0.29, 0.717) is 6.42 Å². The van der Waals surface area contributed by atoms with Crippen molar-refractivity contribution >= 4 is 0 Å². The van der Waals surface area contributed by atoms with Crippen LogP contribution in [-0.2, 0) is 6.42 Å². The minimum absolute atomic E-state index is 0.0000891. The smallest absolute Gasteiger partial charge is 0.159 e. The number of hydrogen-bond acceptors (Lipinski definition) is 5. The fourth-order valence-electron chi connectivity index (χ4n) is 4.09. The first kappa shape index (κ1) is 20.9. The molecule has 1 aliphatic rings. The minimum Gasteiger partial charge on any atom is -0.396 e. The summed E-state index contributed by atoms with van der Waals surface area (Å²) < 4.78 is 0. The van der Waals surface area contributed by atoms with Gasteiger partial charge >= 0.3 is 0 Å². The van der Waals surface area contributed by atoms with Crippen molar-refractivity contribution in [3.8, 4) is 11.4 Å². The molecule has 3 N–H and O–H groups in total. The molecule has 1 aromatic heterocycles. The summed E-state index contributed by atoms with van der Waals surface area (Å²) in [5, 5.41) is 24.0. The lowest BCUT2D eigenvalue weighted by Gasteiger charge is -2.26. The van der Waals surface area contributed by atoms with E-state index in [2.05, 4.69) is 31.1 Å². The van der Waals surface area contributed by atoms with E-state index >= 15 is 0 Å². The van der Waals surface area contributed by atoms with Crippen LogP contribution in [0.25, 0.3) is 11.4 Å². The Morgan fingerprint density at radius 3 is 2.54 bits per heavy atom. The third-order valence-corrected chi connectivity index (χ3v) is 5.74. The van der Waals surface area contributed by atoms with Crippen LogP contribution in [0.4, 0.5) is 0 Å². The third kappa shape index (κ3) is 5.37. The van der Waals surface area contributed by atoms with Gasteiger partial charge in [-0.05, 0) is 43.2 Å². The second kappa shape index (κ2) is 9.12. The van der Waals surface area contributed by atoms with E-state index in [-0.39, 0.29) is 29.9 Å². The lowest BCUT2D eigenvalue weighted by atomic mass is 9.88. The molecule has 1 aromatic carbocycles. The van der Waals surface area contributed by atoms with Crippen LogP contribution in [0.5, 0.6) is 0 Å². The Balaban J connectivity index is 1.73. The van der Waals surface area contributed by atoms with Crippen LogP contribution < -0.4 is 5.32 Å². The summed E-state index contributed by atoms with van der Waals surface area (Å²) in [6, 6.07) is 12.1. The molecule has 5 nitrogen and oxygen atoms in total. The Labute approximate surface area is 168 Å². The Morgan fingerprint density at radius 1 is 1.11 bits per heavy atom. The van der Waals surface area contributed by atoms with Crippen molar-refractivity contribution in [1.29, 1.82) is 0 Å². The fourth-order valence-corrected chi connectivity index (χ4v) is 4.09. The molecule has 0 saturated heterocycles. The highest BCUT2D eigenvalue weighted by molar-refractivity contribution is 5.54. The Kier molecular flexibility index (Phi) is 6.81. The van der Waals surface area contributed by atoms with Gasteiger partial charge in [-0.25, -0.2) is 9.97 Å². The minimum atomic E-state index is -0.474. The van der Waals surface area contributed by atoms with Gasteiger partial charge in [-0.15, -0.1) is 0 Å². The van der Waals surface area contributed by atoms with E-state index in [1.807, 2.05) is 36.4 Å². The summed E-state index contributed by atoms with van der Waals surface area (Å²) in [4.78, 5) is 9.16. The van der Waals surface area contributed by atoms with Gasteiger partial charge in [-0.3, -0.25) is 0 Å². The predicted molar refractivity (Wildman–Crippen MR) is 112 cm³/mol. The number of aliphatic hydroxyl groups is 2. The Bertz CT molecular complexity index is 745. The molecule has 0 spiro atoms. The Morgan fingerprint density at radius 2 is 1.86 bits per heavy atom. The molecule has 0 bridgehead atoms. The molecule has 1 fully saturated rings. The van der Waals surface area contributed by atoms with Crippen LogP contribution in [0.1, 0.15) is 39.3 Å². The lowest BCUT2D eigenvalue weighted by molar-refractivity contribution is 0.0716. The third-order valence-electron chi connectivity index (χ3n) is 5.74. The maximum Gasteiger partial charge on any atom is 0.159 e. The second-order valence-electron chi connectivity index (χ2n) is 9.13. The van der Waals surface area contributed by atoms with Gasteiger partial charge < -0.3 is 15.5 Å². The van der Waals surface area contributed by atoms with Crippen molar-refractivity contribution in [1.82, 2.24) is 15.3 Å². The van der Waals surface area contributed by atoms with Gasteiger partial charge in [0.05, 0.1) is 6.10 Å². The molecule has 2 aromatic rings. The van der Waals surface area contributed by atoms with Crippen molar-refractivity contribution in [3.05, 3.63) is 48.3 Å². The molecule has 0 radical (unpaired) electrons. The number of benzene rings is 1.